The fourth-order valence-electron chi connectivity index (χ4n) is 1.92. The summed E-state index contributed by atoms with van der Waals surface area (Å²) in [5.74, 6) is 1.09. The Bertz CT molecular complexity index is 592. The Labute approximate surface area is 107 Å². The third-order valence-corrected chi connectivity index (χ3v) is 3.92. The molecule has 1 aromatic carbocycles. The Morgan fingerprint density at radius 3 is 2.33 bits per heavy atom. The minimum absolute atomic E-state index is 0.335. The average molecular weight is 269 g/mol. The van der Waals surface area contributed by atoms with Gasteiger partial charge in [-0.2, -0.15) is 0 Å². The first-order valence-electron chi connectivity index (χ1n) is 5.37. The van der Waals surface area contributed by atoms with Crippen LogP contribution in [0.4, 0.5) is 5.69 Å². The van der Waals surface area contributed by atoms with Gasteiger partial charge < -0.3 is 9.47 Å². The molecule has 98 valence electrons. The molecule has 0 amide bonds. The molecule has 0 aliphatic carbocycles. The van der Waals surface area contributed by atoms with Crippen molar-refractivity contribution >= 4 is 21.8 Å². The van der Waals surface area contributed by atoms with Crippen LogP contribution in [0.15, 0.2) is 18.2 Å². The van der Waals surface area contributed by atoms with Gasteiger partial charge in [-0.25, -0.2) is 8.42 Å². The van der Waals surface area contributed by atoms with E-state index in [1.54, 1.807) is 25.3 Å². The Hall–Kier alpha value is -1.69. The summed E-state index contributed by atoms with van der Waals surface area (Å²) < 4.78 is 35.2. The van der Waals surface area contributed by atoms with E-state index in [9.17, 15) is 8.42 Å². The maximum Gasteiger partial charge on any atom is 0.232 e. The van der Waals surface area contributed by atoms with Crippen molar-refractivity contribution in [2.75, 3.05) is 31.3 Å². The van der Waals surface area contributed by atoms with E-state index in [2.05, 4.69) is 0 Å². The molecule has 0 fully saturated rings. The van der Waals surface area contributed by atoms with Gasteiger partial charge in [0.15, 0.2) is 11.5 Å². The molecule has 0 unspecified atom stereocenters. The predicted molar refractivity (Wildman–Crippen MR) is 70.8 cm³/mol. The predicted octanol–water partition coefficient (Wildman–Crippen LogP) is 1.50. The van der Waals surface area contributed by atoms with Crippen LogP contribution in [0.25, 0.3) is 6.08 Å². The number of hydrogen-bond donors (Lipinski definition) is 0. The van der Waals surface area contributed by atoms with Gasteiger partial charge in [-0.3, -0.25) is 4.31 Å². The number of anilines is 1. The van der Waals surface area contributed by atoms with Crippen LogP contribution in [-0.4, -0.2) is 35.4 Å². The molecular formula is C12H15NO4S. The zero-order valence-corrected chi connectivity index (χ0v) is 11.3. The zero-order valence-electron chi connectivity index (χ0n) is 10.5. The van der Waals surface area contributed by atoms with Gasteiger partial charge in [-0.15, -0.1) is 0 Å². The molecule has 5 nitrogen and oxygen atoms in total. The van der Waals surface area contributed by atoms with E-state index < -0.39 is 10.0 Å². The molecule has 0 bridgehead atoms. The highest BCUT2D eigenvalue weighted by atomic mass is 32.2. The van der Waals surface area contributed by atoms with Crippen molar-refractivity contribution in [2.24, 2.45) is 0 Å². The lowest BCUT2D eigenvalue weighted by Crippen LogP contribution is -2.32. The number of nitrogens with zero attached hydrogens (tertiary/aromatic N) is 1. The lowest BCUT2D eigenvalue weighted by molar-refractivity contribution is 0.355. The molecule has 0 saturated carbocycles. The summed E-state index contributed by atoms with van der Waals surface area (Å²) in [6.07, 6.45) is 4.86. The van der Waals surface area contributed by atoms with Crippen LogP contribution in [0.1, 0.15) is 5.56 Å². The molecule has 2 rings (SSSR count). The van der Waals surface area contributed by atoms with Crippen molar-refractivity contribution in [3.05, 3.63) is 23.8 Å². The third-order valence-electron chi connectivity index (χ3n) is 2.77. The molecule has 0 N–H and O–H groups in total. The Balaban J connectivity index is 2.62. The van der Waals surface area contributed by atoms with Crippen molar-refractivity contribution < 1.29 is 17.9 Å². The van der Waals surface area contributed by atoms with Gasteiger partial charge in [-0.1, -0.05) is 12.2 Å². The SMILES string of the molecule is COc1cc2c(cc1OC)N(S(C)(=O)=O)CC=C2. The largest absolute Gasteiger partial charge is 0.493 e. The van der Waals surface area contributed by atoms with Gasteiger partial charge in [0, 0.05) is 11.6 Å². The van der Waals surface area contributed by atoms with Crippen LogP contribution in [0.2, 0.25) is 0 Å². The summed E-state index contributed by atoms with van der Waals surface area (Å²) in [6, 6.07) is 3.45. The van der Waals surface area contributed by atoms with Crippen LogP contribution in [0.5, 0.6) is 11.5 Å². The number of ether oxygens (including phenoxy) is 2. The van der Waals surface area contributed by atoms with E-state index in [0.717, 1.165) is 5.56 Å². The Morgan fingerprint density at radius 2 is 1.78 bits per heavy atom. The second-order valence-electron chi connectivity index (χ2n) is 3.96. The van der Waals surface area contributed by atoms with Crippen LogP contribution in [0.3, 0.4) is 0 Å². The highest BCUT2D eigenvalue weighted by molar-refractivity contribution is 7.92. The van der Waals surface area contributed by atoms with E-state index in [1.165, 1.54) is 17.7 Å². The van der Waals surface area contributed by atoms with E-state index in [-0.39, 0.29) is 0 Å². The van der Waals surface area contributed by atoms with E-state index in [0.29, 0.717) is 23.7 Å². The lowest BCUT2D eigenvalue weighted by atomic mass is 10.1. The highest BCUT2D eigenvalue weighted by Gasteiger charge is 2.23. The summed E-state index contributed by atoms with van der Waals surface area (Å²) in [7, 11) is -0.230. The first-order chi connectivity index (χ1) is 8.47. The van der Waals surface area contributed by atoms with Crippen molar-refractivity contribution in [3.63, 3.8) is 0 Å². The summed E-state index contributed by atoms with van der Waals surface area (Å²) in [5.41, 5.74) is 1.40. The Morgan fingerprint density at radius 1 is 1.17 bits per heavy atom. The second-order valence-corrected chi connectivity index (χ2v) is 5.87. The van der Waals surface area contributed by atoms with Gasteiger partial charge in [0.1, 0.15) is 0 Å². The topological polar surface area (TPSA) is 55.8 Å². The van der Waals surface area contributed by atoms with E-state index in [4.69, 9.17) is 9.47 Å². The van der Waals surface area contributed by atoms with E-state index in [1.807, 2.05) is 6.08 Å². The van der Waals surface area contributed by atoms with Gasteiger partial charge in [0.25, 0.3) is 0 Å². The normalized spacial score (nSPS) is 14.3. The third kappa shape index (κ3) is 2.15. The Kier molecular flexibility index (Phi) is 3.21. The highest BCUT2D eigenvalue weighted by Crippen LogP contribution is 2.38. The van der Waals surface area contributed by atoms with Crippen molar-refractivity contribution in [1.29, 1.82) is 0 Å². The summed E-state index contributed by atoms with van der Waals surface area (Å²) in [4.78, 5) is 0. The smallest absolute Gasteiger partial charge is 0.232 e. The first-order valence-corrected chi connectivity index (χ1v) is 7.22. The number of benzene rings is 1. The number of hydrogen-bond acceptors (Lipinski definition) is 4. The quantitative estimate of drug-likeness (QED) is 0.834. The molecule has 0 aromatic heterocycles. The minimum Gasteiger partial charge on any atom is -0.493 e. The molecule has 0 spiro atoms. The fourth-order valence-corrected chi connectivity index (χ4v) is 2.79. The van der Waals surface area contributed by atoms with Crippen LogP contribution in [0, 0.1) is 0 Å². The van der Waals surface area contributed by atoms with Gasteiger partial charge in [0.05, 0.1) is 32.7 Å². The van der Waals surface area contributed by atoms with Gasteiger partial charge >= 0.3 is 0 Å². The molecular weight excluding hydrogens is 254 g/mol. The molecule has 1 aliphatic rings. The summed E-state index contributed by atoms with van der Waals surface area (Å²) in [6.45, 7) is 0.335. The number of sulfonamides is 1. The zero-order chi connectivity index (χ0) is 13.3. The van der Waals surface area contributed by atoms with Gasteiger partial charge in [0.2, 0.25) is 10.0 Å². The van der Waals surface area contributed by atoms with Crippen LogP contribution < -0.4 is 13.8 Å². The number of methoxy groups -OCH3 is 2. The maximum absolute atomic E-state index is 11.7. The minimum atomic E-state index is -3.30. The lowest BCUT2D eigenvalue weighted by Gasteiger charge is -2.26. The van der Waals surface area contributed by atoms with Crippen LogP contribution >= 0.6 is 0 Å². The molecule has 0 saturated heterocycles. The standard InChI is InChI=1S/C12H15NO4S/c1-16-11-7-9-5-4-6-13(18(3,14)15)10(9)8-12(11)17-2/h4-5,7-8H,6H2,1-3H3. The first kappa shape index (κ1) is 12.8. The monoisotopic (exact) mass is 269 g/mol. The van der Waals surface area contributed by atoms with Crippen molar-refractivity contribution in [1.82, 2.24) is 0 Å². The average Bonchev–Trinajstić information content (AvgIpc) is 2.35. The van der Waals surface area contributed by atoms with E-state index >= 15 is 0 Å². The van der Waals surface area contributed by atoms with Gasteiger partial charge in [-0.05, 0) is 6.07 Å². The molecule has 6 heteroatoms. The summed E-state index contributed by atoms with van der Waals surface area (Å²) >= 11 is 0. The number of rotatable bonds is 3. The maximum atomic E-state index is 11.7. The molecule has 1 heterocycles. The summed E-state index contributed by atoms with van der Waals surface area (Å²) in [5, 5.41) is 0. The molecule has 18 heavy (non-hydrogen) atoms. The fraction of sp³-hybridized carbons (Fsp3) is 0.333. The van der Waals surface area contributed by atoms with Crippen LogP contribution in [-0.2, 0) is 10.0 Å². The second kappa shape index (κ2) is 4.53. The molecule has 1 aromatic rings. The molecule has 0 radical (unpaired) electrons. The van der Waals surface area contributed by atoms with Crippen molar-refractivity contribution in [3.8, 4) is 11.5 Å². The molecule has 0 atom stereocenters. The van der Waals surface area contributed by atoms with Crippen molar-refractivity contribution in [2.45, 2.75) is 0 Å². The number of fused-ring (bicyclic) bond motifs is 1. The molecule has 1 aliphatic heterocycles.